The van der Waals surface area contributed by atoms with E-state index in [-0.39, 0.29) is 17.6 Å². The van der Waals surface area contributed by atoms with Gasteiger partial charge in [0.25, 0.3) is 5.91 Å². The van der Waals surface area contributed by atoms with E-state index in [2.05, 4.69) is 10.9 Å². The first-order chi connectivity index (χ1) is 11.5. The van der Waals surface area contributed by atoms with Crippen LogP contribution in [0.15, 0.2) is 42.5 Å². The summed E-state index contributed by atoms with van der Waals surface area (Å²) < 4.78 is 0. The third-order valence-corrected chi connectivity index (χ3v) is 3.90. The lowest BCUT2D eigenvalue weighted by Crippen LogP contribution is -2.42. The molecule has 24 heavy (non-hydrogen) atoms. The van der Waals surface area contributed by atoms with Crippen molar-refractivity contribution in [2.45, 2.75) is 20.3 Å². The Bertz CT molecular complexity index is 840. The van der Waals surface area contributed by atoms with E-state index < -0.39 is 5.91 Å². The molecule has 0 radical (unpaired) electrons. The second-order valence-electron chi connectivity index (χ2n) is 6.24. The van der Waals surface area contributed by atoms with Crippen LogP contribution >= 0.6 is 0 Å². The first-order valence-corrected chi connectivity index (χ1v) is 7.84. The molecule has 0 saturated carbocycles. The summed E-state index contributed by atoms with van der Waals surface area (Å²) in [5, 5.41) is 0. The lowest BCUT2D eigenvalue weighted by molar-refractivity contribution is -0.122. The smallest absolute Gasteiger partial charge is 0.269 e. The highest BCUT2D eigenvalue weighted by Crippen LogP contribution is 2.36. The maximum Gasteiger partial charge on any atom is 0.269 e. The Kier molecular flexibility index (Phi) is 4.16. The van der Waals surface area contributed by atoms with Gasteiger partial charge in [0.05, 0.1) is 0 Å². The molecule has 2 N–H and O–H groups in total. The van der Waals surface area contributed by atoms with Gasteiger partial charge in [-0.2, -0.15) is 0 Å². The van der Waals surface area contributed by atoms with Crippen LogP contribution in [-0.4, -0.2) is 17.6 Å². The molecule has 0 aliphatic heterocycles. The zero-order chi connectivity index (χ0) is 17.3. The van der Waals surface area contributed by atoms with E-state index in [4.69, 9.17) is 0 Å². The Balaban J connectivity index is 1.77. The van der Waals surface area contributed by atoms with Crippen LogP contribution in [-0.2, 0) is 4.79 Å². The molecular formula is C19H18N2O3. The fourth-order valence-electron chi connectivity index (χ4n) is 2.79. The third kappa shape index (κ3) is 2.93. The Morgan fingerprint density at radius 2 is 1.58 bits per heavy atom. The third-order valence-electron chi connectivity index (χ3n) is 3.90. The van der Waals surface area contributed by atoms with Crippen LogP contribution in [0.25, 0.3) is 11.1 Å². The number of carbonyl (C=O) groups excluding carboxylic acids is 3. The van der Waals surface area contributed by atoms with Gasteiger partial charge >= 0.3 is 0 Å². The van der Waals surface area contributed by atoms with Crippen molar-refractivity contribution in [2.75, 3.05) is 0 Å². The molecule has 2 aromatic carbocycles. The van der Waals surface area contributed by atoms with Crippen LogP contribution in [0.3, 0.4) is 0 Å². The summed E-state index contributed by atoms with van der Waals surface area (Å²) in [5.74, 6) is -0.571. The van der Waals surface area contributed by atoms with Crippen molar-refractivity contribution < 1.29 is 14.4 Å². The Morgan fingerprint density at radius 3 is 2.29 bits per heavy atom. The van der Waals surface area contributed by atoms with Crippen LogP contribution in [0.4, 0.5) is 0 Å². The average Bonchev–Trinajstić information content (AvgIpc) is 2.85. The van der Waals surface area contributed by atoms with Gasteiger partial charge in [0, 0.05) is 23.1 Å². The fraction of sp³-hybridized carbons (Fsp3) is 0.211. The summed E-state index contributed by atoms with van der Waals surface area (Å²) in [6, 6.07) is 12.4. The summed E-state index contributed by atoms with van der Waals surface area (Å²) in [4.78, 5) is 36.2. The number of rotatable bonds is 3. The predicted molar refractivity (Wildman–Crippen MR) is 90.4 cm³/mol. The van der Waals surface area contributed by atoms with Gasteiger partial charge < -0.3 is 0 Å². The van der Waals surface area contributed by atoms with Gasteiger partial charge in [-0.1, -0.05) is 44.2 Å². The minimum atomic E-state index is -0.446. The molecule has 0 bridgehead atoms. The van der Waals surface area contributed by atoms with E-state index in [9.17, 15) is 14.4 Å². The Labute approximate surface area is 140 Å². The molecule has 0 saturated heterocycles. The maximum atomic E-state index is 12.4. The molecular weight excluding hydrogens is 304 g/mol. The molecule has 5 heteroatoms. The van der Waals surface area contributed by atoms with Crippen LogP contribution in [0, 0.1) is 5.92 Å². The summed E-state index contributed by atoms with van der Waals surface area (Å²) >= 11 is 0. The number of amides is 2. The first kappa shape index (κ1) is 15.9. The summed E-state index contributed by atoms with van der Waals surface area (Å²) in [7, 11) is 0. The van der Waals surface area contributed by atoms with Gasteiger partial charge in [0.2, 0.25) is 5.91 Å². The predicted octanol–water partition coefficient (Wildman–Crippen LogP) is 2.71. The normalized spacial score (nSPS) is 11.9. The van der Waals surface area contributed by atoms with Crippen molar-refractivity contribution in [2.24, 2.45) is 5.92 Å². The lowest BCUT2D eigenvalue weighted by atomic mass is 10.0. The number of hydrogen-bond acceptors (Lipinski definition) is 3. The molecule has 1 aliphatic rings. The van der Waals surface area contributed by atoms with Crippen LogP contribution < -0.4 is 10.9 Å². The Hall–Kier alpha value is -2.95. The molecule has 122 valence electrons. The quantitative estimate of drug-likeness (QED) is 0.728. The zero-order valence-electron chi connectivity index (χ0n) is 13.6. The van der Waals surface area contributed by atoms with E-state index in [1.165, 1.54) is 0 Å². The molecule has 0 fully saturated rings. The SMILES string of the molecule is CC(C)CC(=O)NNC(=O)c1ccc2c(c1)C(=O)c1ccccc1-2. The molecule has 0 atom stereocenters. The molecule has 0 heterocycles. The number of carbonyl (C=O) groups is 3. The van der Waals surface area contributed by atoms with Crippen LogP contribution in [0.5, 0.6) is 0 Å². The molecule has 0 aromatic heterocycles. The van der Waals surface area contributed by atoms with Gasteiger partial charge in [-0.15, -0.1) is 0 Å². The highest BCUT2D eigenvalue weighted by atomic mass is 16.2. The molecule has 5 nitrogen and oxygen atoms in total. The van der Waals surface area contributed by atoms with E-state index in [0.717, 1.165) is 11.1 Å². The molecule has 2 amide bonds. The largest absolute Gasteiger partial charge is 0.289 e. The highest BCUT2D eigenvalue weighted by molar-refractivity contribution is 6.22. The number of hydrogen-bond donors (Lipinski definition) is 2. The van der Waals surface area contributed by atoms with E-state index in [1.54, 1.807) is 24.3 Å². The Morgan fingerprint density at radius 1 is 0.917 bits per heavy atom. The van der Waals surface area contributed by atoms with Gasteiger partial charge in [-0.05, 0) is 29.2 Å². The standard InChI is InChI=1S/C19H18N2O3/c1-11(2)9-17(22)20-21-19(24)12-7-8-14-13-5-3-4-6-15(13)18(23)16(14)10-12/h3-8,10-11H,9H2,1-2H3,(H,20,22)(H,21,24). The van der Waals surface area contributed by atoms with Crippen molar-refractivity contribution in [3.63, 3.8) is 0 Å². The second-order valence-corrected chi connectivity index (χ2v) is 6.24. The minimum absolute atomic E-state index is 0.0842. The van der Waals surface area contributed by atoms with E-state index in [0.29, 0.717) is 23.1 Å². The van der Waals surface area contributed by atoms with E-state index >= 15 is 0 Å². The molecule has 2 aromatic rings. The monoisotopic (exact) mass is 322 g/mol. The van der Waals surface area contributed by atoms with Crippen molar-refractivity contribution in [1.29, 1.82) is 0 Å². The highest BCUT2D eigenvalue weighted by Gasteiger charge is 2.27. The van der Waals surface area contributed by atoms with Gasteiger partial charge in [-0.3, -0.25) is 25.2 Å². The van der Waals surface area contributed by atoms with Gasteiger partial charge in [0.1, 0.15) is 0 Å². The number of hydrazine groups is 1. The van der Waals surface area contributed by atoms with Crippen molar-refractivity contribution in [3.8, 4) is 11.1 Å². The molecule has 0 unspecified atom stereocenters. The molecule has 0 spiro atoms. The van der Waals surface area contributed by atoms with Crippen molar-refractivity contribution in [3.05, 3.63) is 59.2 Å². The molecule has 3 rings (SSSR count). The second kappa shape index (κ2) is 6.28. The van der Waals surface area contributed by atoms with Gasteiger partial charge in [0.15, 0.2) is 5.78 Å². The lowest BCUT2D eigenvalue weighted by Gasteiger charge is -2.09. The van der Waals surface area contributed by atoms with Crippen molar-refractivity contribution in [1.82, 2.24) is 10.9 Å². The van der Waals surface area contributed by atoms with E-state index in [1.807, 2.05) is 32.0 Å². The average molecular weight is 322 g/mol. The number of ketones is 1. The number of fused-ring (bicyclic) bond motifs is 3. The summed E-state index contributed by atoms with van der Waals surface area (Å²) in [6.07, 6.45) is 0.332. The summed E-state index contributed by atoms with van der Waals surface area (Å²) in [5.41, 5.74) is 7.97. The number of nitrogens with one attached hydrogen (secondary N) is 2. The van der Waals surface area contributed by atoms with Crippen molar-refractivity contribution >= 4 is 17.6 Å². The maximum absolute atomic E-state index is 12.4. The van der Waals surface area contributed by atoms with Gasteiger partial charge in [-0.25, -0.2) is 0 Å². The van der Waals surface area contributed by atoms with Crippen LogP contribution in [0.2, 0.25) is 0 Å². The summed E-state index contributed by atoms with van der Waals surface area (Å²) in [6.45, 7) is 3.84. The number of benzene rings is 2. The minimum Gasteiger partial charge on any atom is -0.289 e. The first-order valence-electron chi connectivity index (χ1n) is 7.84. The molecule has 1 aliphatic carbocycles. The fourth-order valence-corrected chi connectivity index (χ4v) is 2.79. The zero-order valence-corrected chi connectivity index (χ0v) is 13.6. The topological polar surface area (TPSA) is 75.3 Å². The van der Waals surface area contributed by atoms with Crippen LogP contribution in [0.1, 0.15) is 46.5 Å².